The molecule has 2 atom stereocenters. The summed E-state index contributed by atoms with van der Waals surface area (Å²) in [6.07, 6.45) is 5.25. The smallest absolute Gasteiger partial charge is 0.246 e. The summed E-state index contributed by atoms with van der Waals surface area (Å²) >= 11 is 0. The average Bonchev–Trinajstić information content (AvgIpc) is 2.45. The third-order valence-corrected chi connectivity index (χ3v) is 3.70. The quantitative estimate of drug-likeness (QED) is 0.829. The molecular formula is C16H26N2O3. The third kappa shape index (κ3) is 4.49. The zero-order valence-corrected chi connectivity index (χ0v) is 13.4. The lowest BCUT2D eigenvalue weighted by Gasteiger charge is -2.30. The number of nitrogens with one attached hydrogen (secondary N) is 2. The maximum atomic E-state index is 11.0. The molecule has 1 fully saturated rings. The fourth-order valence-corrected chi connectivity index (χ4v) is 2.26. The van der Waals surface area contributed by atoms with Crippen LogP contribution >= 0.6 is 0 Å². The van der Waals surface area contributed by atoms with Gasteiger partial charge in [0.25, 0.3) is 0 Å². The van der Waals surface area contributed by atoms with E-state index in [9.17, 15) is 4.79 Å². The summed E-state index contributed by atoms with van der Waals surface area (Å²) in [4.78, 5) is 11.0. The van der Waals surface area contributed by atoms with E-state index in [0.717, 1.165) is 12.3 Å². The number of allylic oxidation sites excluding steroid dienone is 2. The van der Waals surface area contributed by atoms with Gasteiger partial charge in [-0.3, -0.25) is 4.79 Å². The van der Waals surface area contributed by atoms with E-state index in [1.807, 2.05) is 0 Å². The molecule has 2 rings (SSSR count). The Balaban J connectivity index is 1.94. The lowest BCUT2D eigenvalue weighted by Crippen LogP contribution is -2.45. The Morgan fingerprint density at radius 2 is 2.19 bits per heavy atom. The second-order valence-corrected chi connectivity index (χ2v) is 6.59. The minimum absolute atomic E-state index is 0.0646. The van der Waals surface area contributed by atoms with E-state index in [4.69, 9.17) is 9.47 Å². The highest BCUT2D eigenvalue weighted by molar-refractivity contribution is 5.77. The molecule has 0 bridgehead atoms. The number of carbonyl (C=O) groups excluding carboxylic acids is 1. The van der Waals surface area contributed by atoms with E-state index in [1.54, 1.807) is 0 Å². The summed E-state index contributed by atoms with van der Waals surface area (Å²) in [5.41, 5.74) is 1.38. The molecule has 0 aromatic rings. The van der Waals surface area contributed by atoms with E-state index >= 15 is 0 Å². The minimum Gasteiger partial charge on any atom is -0.476 e. The Labute approximate surface area is 126 Å². The van der Waals surface area contributed by atoms with Crippen LogP contribution in [0, 0.1) is 5.41 Å². The highest BCUT2D eigenvalue weighted by Gasteiger charge is 2.24. The van der Waals surface area contributed by atoms with Gasteiger partial charge >= 0.3 is 0 Å². The number of amides is 1. The summed E-state index contributed by atoms with van der Waals surface area (Å²) in [5.74, 6) is 0.722. The number of hydrogen-bond donors (Lipinski definition) is 2. The van der Waals surface area contributed by atoms with Gasteiger partial charge in [0.2, 0.25) is 5.91 Å². The molecule has 21 heavy (non-hydrogen) atoms. The van der Waals surface area contributed by atoms with Crippen LogP contribution < -0.4 is 10.6 Å². The van der Waals surface area contributed by atoms with Gasteiger partial charge < -0.3 is 20.1 Å². The predicted octanol–water partition coefficient (Wildman–Crippen LogP) is 1.71. The predicted molar refractivity (Wildman–Crippen MR) is 81.5 cm³/mol. The van der Waals surface area contributed by atoms with Crippen LogP contribution in [0.4, 0.5) is 0 Å². The molecule has 0 radical (unpaired) electrons. The summed E-state index contributed by atoms with van der Waals surface area (Å²) < 4.78 is 11.3. The van der Waals surface area contributed by atoms with Crippen LogP contribution in [0.5, 0.6) is 0 Å². The Hall–Kier alpha value is -1.49. The normalized spacial score (nSPS) is 26.4. The molecule has 0 aliphatic carbocycles. The highest BCUT2D eigenvalue weighted by atomic mass is 16.5. The molecule has 1 unspecified atom stereocenters. The molecule has 0 aromatic heterocycles. The van der Waals surface area contributed by atoms with Gasteiger partial charge in [-0.1, -0.05) is 33.8 Å². The van der Waals surface area contributed by atoms with Gasteiger partial charge in [-0.05, 0) is 17.4 Å². The fourth-order valence-electron chi connectivity index (χ4n) is 2.26. The summed E-state index contributed by atoms with van der Waals surface area (Å²) in [6.45, 7) is 9.81. The molecular weight excluding hydrogens is 268 g/mol. The molecule has 1 saturated heterocycles. The molecule has 2 N–H and O–H groups in total. The second kappa shape index (κ2) is 6.52. The van der Waals surface area contributed by atoms with E-state index in [2.05, 4.69) is 50.5 Å². The molecule has 2 aliphatic rings. The van der Waals surface area contributed by atoms with Crippen molar-refractivity contribution in [1.82, 2.24) is 10.6 Å². The molecule has 0 saturated carbocycles. The first-order valence-corrected chi connectivity index (χ1v) is 7.60. The van der Waals surface area contributed by atoms with Crippen molar-refractivity contribution in [3.63, 3.8) is 0 Å². The van der Waals surface area contributed by atoms with Crippen molar-refractivity contribution < 1.29 is 14.3 Å². The van der Waals surface area contributed by atoms with Crippen LogP contribution in [0.15, 0.2) is 23.6 Å². The summed E-state index contributed by atoms with van der Waals surface area (Å²) in [6, 6.07) is 0.297. The Kier molecular flexibility index (Phi) is 4.93. The average molecular weight is 294 g/mol. The Morgan fingerprint density at radius 3 is 2.76 bits per heavy atom. The topological polar surface area (TPSA) is 59.6 Å². The van der Waals surface area contributed by atoms with Gasteiger partial charge in [0.05, 0.1) is 0 Å². The molecule has 5 nitrogen and oxygen atoms in total. The van der Waals surface area contributed by atoms with Gasteiger partial charge in [0.1, 0.15) is 19.3 Å². The van der Waals surface area contributed by atoms with Gasteiger partial charge in [-0.25, -0.2) is 0 Å². The van der Waals surface area contributed by atoms with Crippen LogP contribution in [-0.4, -0.2) is 37.8 Å². The van der Waals surface area contributed by atoms with Crippen LogP contribution in [0.25, 0.3) is 0 Å². The zero-order valence-electron chi connectivity index (χ0n) is 13.4. The first kappa shape index (κ1) is 15.9. The highest BCUT2D eigenvalue weighted by Crippen LogP contribution is 2.30. The van der Waals surface area contributed by atoms with E-state index in [-0.39, 0.29) is 24.0 Å². The van der Waals surface area contributed by atoms with Gasteiger partial charge in [-0.15, -0.1) is 0 Å². The van der Waals surface area contributed by atoms with Crippen molar-refractivity contribution in [3.8, 4) is 0 Å². The van der Waals surface area contributed by atoms with Crippen molar-refractivity contribution in [2.24, 2.45) is 5.41 Å². The van der Waals surface area contributed by atoms with Crippen molar-refractivity contribution >= 4 is 5.91 Å². The van der Waals surface area contributed by atoms with Crippen LogP contribution in [0.1, 0.15) is 34.1 Å². The van der Waals surface area contributed by atoms with Crippen molar-refractivity contribution in [1.29, 1.82) is 0 Å². The fraction of sp³-hybridized carbons (Fsp3) is 0.688. The van der Waals surface area contributed by atoms with E-state index in [0.29, 0.717) is 19.2 Å². The number of morpholine rings is 1. The van der Waals surface area contributed by atoms with Gasteiger partial charge in [0.15, 0.2) is 5.88 Å². The number of hydrogen-bond acceptors (Lipinski definition) is 4. The second-order valence-electron chi connectivity index (χ2n) is 6.59. The molecule has 5 heteroatoms. The summed E-state index contributed by atoms with van der Waals surface area (Å²) in [5, 5.41) is 6.15. The van der Waals surface area contributed by atoms with E-state index < -0.39 is 0 Å². The maximum Gasteiger partial charge on any atom is 0.246 e. The number of carbonyl (C=O) groups is 1. The monoisotopic (exact) mass is 294 g/mol. The molecule has 2 aliphatic heterocycles. The third-order valence-electron chi connectivity index (χ3n) is 3.70. The van der Waals surface area contributed by atoms with Gasteiger partial charge in [0, 0.05) is 18.7 Å². The molecule has 2 heterocycles. The van der Waals surface area contributed by atoms with Crippen molar-refractivity contribution in [3.05, 3.63) is 23.6 Å². The Morgan fingerprint density at radius 1 is 1.43 bits per heavy atom. The van der Waals surface area contributed by atoms with Crippen LogP contribution in [-0.2, 0) is 14.3 Å². The Bertz CT molecular complexity index is 439. The van der Waals surface area contributed by atoms with Crippen molar-refractivity contribution in [2.45, 2.75) is 46.3 Å². The minimum atomic E-state index is -0.0885. The van der Waals surface area contributed by atoms with Crippen LogP contribution in [0.2, 0.25) is 0 Å². The standard InChI is InChI=1S/C16H26N2O3/c1-5-12-6-11(16(2,3)4)7-15(18-12)21-9-13-8-17-14(19)10-20-13/h6-7,12-13,18H,5,8-10H2,1-4H3,(H,17,19)/t12?,13-/m0/s1. The molecule has 1 amide bonds. The lowest BCUT2D eigenvalue weighted by atomic mass is 9.84. The first-order chi connectivity index (χ1) is 9.88. The first-order valence-electron chi connectivity index (χ1n) is 7.60. The molecule has 0 aromatic carbocycles. The number of rotatable bonds is 4. The van der Waals surface area contributed by atoms with E-state index in [1.165, 1.54) is 5.57 Å². The molecule has 0 spiro atoms. The maximum absolute atomic E-state index is 11.0. The number of ether oxygens (including phenoxy) is 2. The van der Waals surface area contributed by atoms with Crippen LogP contribution in [0.3, 0.4) is 0 Å². The molecule has 118 valence electrons. The zero-order chi connectivity index (χ0) is 15.5. The largest absolute Gasteiger partial charge is 0.476 e. The SMILES string of the molecule is CCC1C=C(C(C)(C)C)C=C(OC[C@@H]2CNC(=O)CO2)N1. The number of dihydropyridines is 1. The lowest BCUT2D eigenvalue weighted by molar-refractivity contribution is -0.135. The summed E-state index contributed by atoms with van der Waals surface area (Å²) in [7, 11) is 0. The van der Waals surface area contributed by atoms with Crippen molar-refractivity contribution in [2.75, 3.05) is 19.8 Å². The van der Waals surface area contributed by atoms with Gasteiger partial charge in [-0.2, -0.15) is 0 Å².